The fraction of sp³-hybridized carbons (Fsp3) is 0.353. The van der Waals surface area contributed by atoms with Crippen LogP contribution >= 0.6 is 11.6 Å². The van der Waals surface area contributed by atoms with Crippen LogP contribution in [0.25, 0.3) is 11.0 Å². The highest BCUT2D eigenvalue weighted by molar-refractivity contribution is 6.35. The van der Waals surface area contributed by atoms with E-state index >= 15 is 0 Å². The second-order valence-electron chi connectivity index (χ2n) is 5.96. The molecule has 3 rings (SSSR count). The lowest BCUT2D eigenvalue weighted by Crippen LogP contribution is -2.20. The molecule has 0 aliphatic heterocycles. The van der Waals surface area contributed by atoms with Gasteiger partial charge in [-0.3, -0.25) is 14.4 Å². The van der Waals surface area contributed by atoms with E-state index in [4.69, 9.17) is 25.9 Å². The van der Waals surface area contributed by atoms with Crippen LogP contribution in [0.5, 0.6) is 0 Å². The van der Waals surface area contributed by atoms with E-state index in [2.05, 4.69) is 0 Å². The summed E-state index contributed by atoms with van der Waals surface area (Å²) in [4.78, 5) is 35.1. The summed E-state index contributed by atoms with van der Waals surface area (Å²) in [5.74, 6) is -2.71. The molecule has 0 saturated heterocycles. The first-order chi connectivity index (χ1) is 11.4. The van der Waals surface area contributed by atoms with Gasteiger partial charge in [-0.25, -0.2) is 0 Å². The van der Waals surface area contributed by atoms with Gasteiger partial charge in [-0.2, -0.15) is 0 Å². The summed E-state index contributed by atoms with van der Waals surface area (Å²) in [6.07, 6.45) is 0.914. The Hall–Kier alpha value is -2.34. The third-order valence-corrected chi connectivity index (χ3v) is 4.28. The minimum atomic E-state index is -1.04. The van der Waals surface area contributed by atoms with Crippen molar-refractivity contribution in [3.05, 3.63) is 35.0 Å². The summed E-state index contributed by atoms with van der Waals surface area (Å²) in [6, 6.07) is 4.93. The number of Topliss-reactive ketones (excluding diaryl/α,β-unsaturated/α-hetero) is 1. The molecule has 0 bridgehead atoms. The number of carbonyl (C=O) groups excluding carboxylic acids is 2. The molecule has 6 nitrogen and oxygen atoms in total. The highest BCUT2D eigenvalue weighted by Crippen LogP contribution is 2.43. The lowest BCUT2D eigenvalue weighted by atomic mass is 10.0. The van der Waals surface area contributed by atoms with Gasteiger partial charge in [0, 0.05) is 16.9 Å². The molecule has 7 heteroatoms. The zero-order valence-corrected chi connectivity index (χ0v) is 13.6. The first kappa shape index (κ1) is 16.5. The quantitative estimate of drug-likeness (QED) is 0.634. The van der Waals surface area contributed by atoms with Gasteiger partial charge < -0.3 is 14.3 Å². The number of aliphatic carboxylic acids is 1. The third kappa shape index (κ3) is 3.28. The van der Waals surface area contributed by atoms with Gasteiger partial charge in [-0.05, 0) is 31.5 Å². The number of furan rings is 1. The van der Waals surface area contributed by atoms with Gasteiger partial charge in [0.2, 0.25) is 0 Å². The highest BCUT2D eigenvalue weighted by Gasteiger charge is 2.49. The molecular formula is C17H15ClO6. The molecule has 1 aromatic heterocycles. The number of fused-ring (bicyclic) bond motifs is 1. The van der Waals surface area contributed by atoms with Crippen LogP contribution in [0.2, 0.25) is 5.02 Å². The molecule has 0 amide bonds. The fourth-order valence-electron chi connectivity index (χ4n) is 2.71. The number of esters is 1. The SMILES string of the molecule is CC(CC(=O)O)OC(=O)[C@H]1C[C@@H]1C(=O)c1cc(Cl)c2occc2c1. The van der Waals surface area contributed by atoms with E-state index in [0.717, 1.165) is 5.39 Å². The molecule has 126 valence electrons. The number of ether oxygens (including phenoxy) is 1. The topological polar surface area (TPSA) is 93.8 Å². The Balaban J connectivity index is 1.66. The lowest BCUT2D eigenvalue weighted by Gasteiger charge is -2.10. The number of rotatable bonds is 6. The van der Waals surface area contributed by atoms with Gasteiger partial charge in [0.25, 0.3) is 0 Å². The number of carboxylic acids is 1. The smallest absolute Gasteiger partial charge is 0.309 e. The highest BCUT2D eigenvalue weighted by atomic mass is 35.5. The van der Waals surface area contributed by atoms with Gasteiger partial charge in [0.05, 0.1) is 23.6 Å². The van der Waals surface area contributed by atoms with Crippen LogP contribution in [-0.2, 0) is 14.3 Å². The van der Waals surface area contributed by atoms with Crippen molar-refractivity contribution in [3.63, 3.8) is 0 Å². The molecule has 1 heterocycles. The van der Waals surface area contributed by atoms with E-state index in [1.165, 1.54) is 19.3 Å². The van der Waals surface area contributed by atoms with Crippen LogP contribution in [0.4, 0.5) is 0 Å². The number of benzene rings is 1. The molecule has 1 aliphatic carbocycles. The Kier molecular flexibility index (Phi) is 4.32. The van der Waals surface area contributed by atoms with Gasteiger partial charge in [0.1, 0.15) is 6.10 Å². The van der Waals surface area contributed by atoms with Gasteiger partial charge in [-0.1, -0.05) is 11.6 Å². The summed E-state index contributed by atoms with van der Waals surface area (Å²) < 4.78 is 10.3. The van der Waals surface area contributed by atoms with E-state index in [0.29, 0.717) is 22.6 Å². The standard InChI is InChI=1S/C17H15ClO6/c1-8(4-14(19)20)24-17(22)12-7-11(12)15(21)10-5-9-2-3-23-16(9)13(18)6-10/h2-3,5-6,8,11-12H,4,7H2,1H3,(H,19,20)/t8?,11-,12-/m0/s1. The predicted molar refractivity (Wildman–Crippen MR) is 85.0 cm³/mol. The number of hydrogen-bond donors (Lipinski definition) is 1. The van der Waals surface area contributed by atoms with E-state index in [1.807, 2.05) is 0 Å². The minimum Gasteiger partial charge on any atom is -0.481 e. The molecular weight excluding hydrogens is 336 g/mol. The summed E-state index contributed by atoms with van der Waals surface area (Å²) in [5.41, 5.74) is 0.940. The Morgan fingerprint density at radius 1 is 1.38 bits per heavy atom. The van der Waals surface area contributed by atoms with Crippen LogP contribution in [0, 0.1) is 11.8 Å². The van der Waals surface area contributed by atoms with Crippen LogP contribution < -0.4 is 0 Å². The van der Waals surface area contributed by atoms with Crippen molar-refractivity contribution in [1.29, 1.82) is 0 Å². The van der Waals surface area contributed by atoms with Crippen LogP contribution in [-0.4, -0.2) is 28.9 Å². The maximum atomic E-state index is 12.5. The number of halogens is 1. The molecule has 1 unspecified atom stereocenters. The van der Waals surface area contributed by atoms with E-state index < -0.39 is 29.9 Å². The number of carbonyl (C=O) groups is 3. The number of ketones is 1. The van der Waals surface area contributed by atoms with Gasteiger partial charge >= 0.3 is 11.9 Å². The summed E-state index contributed by atoms with van der Waals surface area (Å²) in [7, 11) is 0. The van der Waals surface area contributed by atoms with Crippen molar-refractivity contribution in [3.8, 4) is 0 Å². The average molecular weight is 351 g/mol. The lowest BCUT2D eigenvalue weighted by molar-refractivity contribution is -0.153. The predicted octanol–water partition coefficient (Wildman–Crippen LogP) is 3.31. The zero-order chi connectivity index (χ0) is 17.4. The van der Waals surface area contributed by atoms with Crippen molar-refractivity contribution in [1.82, 2.24) is 0 Å². The van der Waals surface area contributed by atoms with Crippen LogP contribution in [0.1, 0.15) is 30.1 Å². The molecule has 1 N–H and O–H groups in total. The van der Waals surface area contributed by atoms with Crippen LogP contribution in [0.3, 0.4) is 0 Å². The maximum Gasteiger partial charge on any atom is 0.309 e. The first-order valence-electron chi connectivity index (χ1n) is 7.50. The van der Waals surface area contributed by atoms with Crippen molar-refractivity contribution < 1.29 is 28.6 Å². The van der Waals surface area contributed by atoms with Gasteiger partial charge in [0.15, 0.2) is 11.4 Å². The molecule has 1 fully saturated rings. The van der Waals surface area contributed by atoms with E-state index in [-0.39, 0.29) is 12.2 Å². The Morgan fingerprint density at radius 3 is 2.83 bits per heavy atom. The molecule has 24 heavy (non-hydrogen) atoms. The van der Waals surface area contributed by atoms with Crippen molar-refractivity contribution in [2.24, 2.45) is 11.8 Å². The fourth-order valence-corrected chi connectivity index (χ4v) is 2.98. The largest absolute Gasteiger partial charge is 0.481 e. The third-order valence-electron chi connectivity index (χ3n) is 4.00. The number of hydrogen-bond acceptors (Lipinski definition) is 5. The van der Waals surface area contributed by atoms with Gasteiger partial charge in [-0.15, -0.1) is 0 Å². The summed E-state index contributed by atoms with van der Waals surface area (Å²) in [5, 5.41) is 9.74. The molecule has 3 atom stereocenters. The Bertz CT molecular complexity index is 824. The van der Waals surface area contributed by atoms with Crippen molar-refractivity contribution in [2.45, 2.75) is 25.9 Å². The van der Waals surface area contributed by atoms with Crippen molar-refractivity contribution >= 4 is 40.3 Å². The number of carboxylic acid groups (broad SMARTS) is 1. The monoisotopic (exact) mass is 350 g/mol. The molecule has 2 aromatic rings. The summed E-state index contributed by atoms with van der Waals surface area (Å²) in [6.45, 7) is 1.51. The Morgan fingerprint density at radius 2 is 2.12 bits per heavy atom. The van der Waals surface area contributed by atoms with E-state index in [1.54, 1.807) is 12.1 Å². The minimum absolute atomic E-state index is 0.173. The average Bonchev–Trinajstić information content (AvgIpc) is 3.15. The Labute approximate surface area is 142 Å². The summed E-state index contributed by atoms with van der Waals surface area (Å²) >= 11 is 6.10. The molecule has 1 aliphatic rings. The second-order valence-corrected chi connectivity index (χ2v) is 6.36. The normalized spacial score (nSPS) is 20.6. The zero-order valence-electron chi connectivity index (χ0n) is 12.8. The first-order valence-corrected chi connectivity index (χ1v) is 7.88. The van der Waals surface area contributed by atoms with Crippen molar-refractivity contribution in [2.75, 3.05) is 0 Å². The molecule has 1 aromatic carbocycles. The van der Waals surface area contributed by atoms with E-state index in [9.17, 15) is 14.4 Å². The van der Waals surface area contributed by atoms with Crippen LogP contribution in [0.15, 0.2) is 28.9 Å². The molecule has 0 spiro atoms. The maximum absolute atomic E-state index is 12.5. The second kappa shape index (κ2) is 6.28. The molecule has 0 radical (unpaired) electrons. The molecule has 1 saturated carbocycles.